The van der Waals surface area contributed by atoms with Gasteiger partial charge in [0.15, 0.2) is 0 Å². The molecule has 0 spiro atoms. The number of aryl methyl sites for hydroxylation is 3. The summed E-state index contributed by atoms with van der Waals surface area (Å²) in [4.78, 5) is 6.64. The summed E-state index contributed by atoms with van der Waals surface area (Å²) in [6.45, 7) is 3.76. The minimum absolute atomic E-state index is 0.706. The van der Waals surface area contributed by atoms with E-state index in [2.05, 4.69) is 38.8 Å². The zero-order valence-electron chi connectivity index (χ0n) is 13.3. The van der Waals surface area contributed by atoms with Crippen molar-refractivity contribution in [2.75, 3.05) is 11.9 Å². The SMILES string of the molecule is Cc1nn(C)c(N(C)Cc2nccn2C)c1CNC1CC1. The molecular formula is C15H24N6. The molecule has 0 saturated heterocycles. The number of anilines is 1. The average molecular weight is 288 g/mol. The van der Waals surface area contributed by atoms with Crippen LogP contribution in [0.4, 0.5) is 5.82 Å². The fraction of sp³-hybridized carbons (Fsp3) is 0.600. The van der Waals surface area contributed by atoms with E-state index in [1.165, 1.54) is 24.2 Å². The molecule has 1 N–H and O–H groups in total. The lowest BCUT2D eigenvalue weighted by molar-refractivity contribution is 0.674. The van der Waals surface area contributed by atoms with Crippen molar-refractivity contribution >= 4 is 5.82 Å². The molecule has 0 aliphatic heterocycles. The molecule has 0 bridgehead atoms. The number of hydrogen-bond acceptors (Lipinski definition) is 4. The minimum Gasteiger partial charge on any atom is -0.352 e. The lowest BCUT2D eigenvalue weighted by Crippen LogP contribution is -2.24. The minimum atomic E-state index is 0.706. The van der Waals surface area contributed by atoms with Crippen LogP contribution in [0.25, 0.3) is 0 Å². The highest BCUT2D eigenvalue weighted by Crippen LogP contribution is 2.25. The molecule has 0 atom stereocenters. The first-order chi connectivity index (χ1) is 10.1. The Labute approximate surface area is 125 Å². The fourth-order valence-corrected chi connectivity index (χ4v) is 2.74. The molecule has 114 valence electrons. The maximum Gasteiger partial charge on any atom is 0.131 e. The largest absolute Gasteiger partial charge is 0.352 e. The van der Waals surface area contributed by atoms with Gasteiger partial charge in [-0.2, -0.15) is 5.10 Å². The first kappa shape index (κ1) is 14.1. The van der Waals surface area contributed by atoms with Gasteiger partial charge in [0.2, 0.25) is 0 Å². The number of nitrogens with one attached hydrogen (secondary N) is 1. The van der Waals surface area contributed by atoms with Crippen LogP contribution in [0.15, 0.2) is 12.4 Å². The van der Waals surface area contributed by atoms with E-state index < -0.39 is 0 Å². The van der Waals surface area contributed by atoms with Crippen molar-refractivity contribution in [1.29, 1.82) is 0 Å². The van der Waals surface area contributed by atoms with E-state index in [-0.39, 0.29) is 0 Å². The zero-order valence-corrected chi connectivity index (χ0v) is 13.3. The third-order valence-corrected chi connectivity index (χ3v) is 4.12. The van der Waals surface area contributed by atoms with Gasteiger partial charge in [0.25, 0.3) is 0 Å². The maximum atomic E-state index is 4.59. The lowest BCUT2D eigenvalue weighted by atomic mass is 10.2. The standard InChI is InChI=1S/C15H24N6/c1-11-13(9-17-12-5-6-12)15(21(4)18-11)20(3)10-14-16-7-8-19(14)2/h7-8,12,17H,5-6,9-10H2,1-4H3. The summed E-state index contributed by atoms with van der Waals surface area (Å²) in [6, 6.07) is 0.706. The van der Waals surface area contributed by atoms with Crippen molar-refractivity contribution in [3.63, 3.8) is 0 Å². The Balaban J connectivity index is 1.80. The Kier molecular flexibility index (Phi) is 3.71. The first-order valence-electron chi connectivity index (χ1n) is 7.49. The summed E-state index contributed by atoms with van der Waals surface area (Å²) in [5.41, 5.74) is 2.40. The molecule has 1 saturated carbocycles. The average Bonchev–Trinajstić information content (AvgIpc) is 3.11. The molecule has 21 heavy (non-hydrogen) atoms. The van der Waals surface area contributed by atoms with Gasteiger partial charge in [-0.3, -0.25) is 4.68 Å². The van der Waals surface area contributed by atoms with E-state index in [4.69, 9.17) is 0 Å². The highest BCUT2D eigenvalue weighted by molar-refractivity contribution is 5.49. The summed E-state index contributed by atoms with van der Waals surface area (Å²) < 4.78 is 4.03. The molecule has 0 amide bonds. The van der Waals surface area contributed by atoms with Crippen molar-refractivity contribution in [2.24, 2.45) is 14.1 Å². The molecule has 1 aliphatic carbocycles. The maximum absolute atomic E-state index is 4.59. The molecule has 2 heterocycles. The van der Waals surface area contributed by atoms with Gasteiger partial charge in [-0.1, -0.05) is 0 Å². The van der Waals surface area contributed by atoms with E-state index in [1.807, 2.05) is 31.2 Å². The number of aromatic nitrogens is 4. The van der Waals surface area contributed by atoms with Gasteiger partial charge in [0.05, 0.1) is 12.2 Å². The van der Waals surface area contributed by atoms with Gasteiger partial charge in [-0.05, 0) is 19.8 Å². The van der Waals surface area contributed by atoms with Crippen LogP contribution in [0.5, 0.6) is 0 Å². The highest BCUT2D eigenvalue weighted by atomic mass is 15.4. The molecular weight excluding hydrogens is 264 g/mol. The van der Waals surface area contributed by atoms with E-state index in [0.29, 0.717) is 6.04 Å². The third-order valence-electron chi connectivity index (χ3n) is 4.12. The van der Waals surface area contributed by atoms with E-state index in [9.17, 15) is 0 Å². The first-order valence-corrected chi connectivity index (χ1v) is 7.49. The normalized spacial score (nSPS) is 14.7. The second-order valence-electron chi connectivity index (χ2n) is 5.98. The summed E-state index contributed by atoms with van der Waals surface area (Å²) in [6.07, 6.45) is 6.43. The number of nitrogens with zero attached hydrogens (tertiary/aromatic N) is 5. The number of imidazole rings is 1. The highest BCUT2D eigenvalue weighted by Gasteiger charge is 2.23. The van der Waals surface area contributed by atoms with Gasteiger partial charge in [0, 0.05) is 51.7 Å². The third kappa shape index (κ3) is 2.95. The van der Waals surface area contributed by atoms with Gasteiger partial charge in [0.1, 0.15) is 11.6 Å². The molecule has 1 fully saturated rings. The van der Waals surface area contributed by atoms with Crippen LogP contribution in [0.2, 0.25) is 0 Å². The number of rotatable bonds is 6. The van der Waals surface area contributed by atoms with Gasteiger partial charge in [-0.15, -0.1) is 0 Å². The Bertz CT molecular complexity index is 622. The van der Waals surface area contributed by atoms with Crippen molar-refractivity contribution < 1.29 is 0 Å². The van der Waals surface area contributed by atoms with Crippen LogP contribution in [0.1, 0.15) is 29.9 Å². The predicted octanol–water partition coefficient (Wildman–Crippen LogP) is 1.35. The molecule has 6 heteroatoms. The topological polar surface area (TPSA) is 50.9 Å². The van der Waals surface area contributed by atoms with Crippen LogP contribution in [-0.2, 0) is 27.2 Å². The van der Waals surface area contributed by atoms with Gasteiger partial charge >= 0.3 is 0 Å². The molecule has 0 aromatic carbocycles. The second-order valence-corrected chi connectivity index (χ2v) is 5.98. The monoisotopic (exact) mass is 288 g/mol. The van der Waals surface area contributed by atoms with Crippen molar-refractivity contribution in [1.82, 2.24) is 24.6 Å². The van der Waals surface area contributed by atoms with Crippen LogP contribution >= 0.6 is 0 Å². The van der Waals surface area contributed by atoms with Gasteiger partial charge < -0.3 is 14.8 Å². The summed E-state index contributed by atoms with van der Waals surface area (Å²) in [5, 5.41) is 8.18. The van der Waals surface area contributed by atoms with Crippen LogP contribution in [0.3, 0.4) is 0 Å². The Hall–Kier alpha value is -1.82. The summed E-state index contributed by atoms with van der Waals surface area (Å²) >= 11 is 0. The Morgan fingerprint density at radius 3 is 2.76 bits per heavy atom. The molecule has 2 aromatic heterocycles. The molecule has 0 unspecified atom stereocenters. The molecule has 0 radical (unpaired) electrons. The number of hydrogen-bond donors (Lipinski definition) is 1. The Morgan fingerprint density at radius 2 is 2.14 bits per heavy atom. The van der Waals surface area contributed by atoms with Crippen LogP contribution in [-0.4, -0.2) is 32.4 Å². The molecule has 3 rings (SSSR count). The fourth-order valence-electron chi connectivity index (χ4n) is 2.74. The smallest absolute Gasteiger partial charge is 0.131 e. The van der Waals surface area contributed by atoms with E-state index in [0.717, 1.165) is 24.6 Å². The molecule has 6 nitrogen and oxygen atoms in total. The van der Waals surface area contributed by atoms with Crippen molar-refractivity contribution in [3.05, 3.63) is 29.5 Å². The second kappa shape index (κ2) is 5.52. The summed E-state index contributed by atoms with van der Waals surface area (Å²) in [7, 11) is 6.14. The Morgan fingerprint density at radius 1 is 1.38 bits per heavy atom. The summed E-state index contributed by atoms with van der Waals surface area (Å²) in [5.74, 6) is 2.22. The molecule has 1 aliphatic rings. The molecule has 2 aromatic rings. The van der Waals surface area contributed by atoms with Gasteiger partial charge in [-0.25, -0.2) is 4.98 Å². The van der Waals surface area contributed by atoms with Crippen LogP contribution in [0, 0.1) is 6.92 Å². The van der Waals surface area contributed by atoms with E-state index in [1.54, 1.807) is 0 Å². The van der Waals surface area contributed by atoms with Crippen molar-refractivity contribution in [3.8, 4) is 0 Å². The van der Waals surface area contributed by atoms with E-state index >= 15 is 0 Å². The zero-order chi connectivity index (χ0) is 15.0. The van der Waals surface area contributed by atoms with Crippen LogP contribution < -0.4 is 10.2 Å². The lowest BCUT2D eigenvalue weighted by Gasteiger charge is -2.21. The quantitative estimate of drug-likeness (QED) is 0.872. The predicted molar refractivity (Wildman–Crippen MR) is 83.1 cm³/mol. The van der Waals surface area contributed by atoms with Crippen molar-refractivity contribution in [2.45, 2.75) is 38.9 Å².